The number of carbonyl (C=O) groups excluding carboxylic acids is 1. The lowest BCUT2D eigenvalue weighted by Crippen LogP contribution is -2.24. The summed E-state index contributed by atoms with van der Waals surface area (Å²) in [5.41, 5.74) is 3.32. The number of fused-ring (bicyclic) bond motifs is 1. The second-order valence-corrected chi connectivity index (χ2v) is 6.55. The number of carbonyl (C=O) groups is 1. The molecule has 23 heavy (non-hydrogen) atoms. The summed E-state index contributed by atoms with van der Waals surface area (Å²) in [6.07, 6.45) is 1.42. The Morgan fingerprint density at radius 1 is 1.35 bits per heavy atom. The molecule has 0 aliphatic rings. The molecule has 0 aliphatic heterocycles. The summed E-state index contributed by atoms with van der Waals surface area (Å²) >= 11 is 1.65. The van der Waals surface area contributed by atoms with Gasteiger partial charge in [-0.05, 0) is 30.9 Å². The Hall–Kier alpha value is -2.14. The molecule has 0 saturated carbocycles. The third-order valence-corrected chi connectivity index (χ3v) is 4.99. The Morgan fingerprint density at radius 3 is 2.96 bits per heavy atom. The monoisotopic (exact) mass is 327 g/mol. The summed E-state index contributed by atoms with van der Waals surface area (Å²) in [5, 5.41) is 7.31. The van der Waals surface area contributed by atoms with E-state index in [1.807, 2.05) is 17.5 Å². The number of benzene rings is 1. The first-order valence-electron chi connectivity index (χ1n) is 7.92. The minimum absolute atomic E-state index is 0.0632. The minimum atomic E-state index is 0.0632. The van der Waals surface area contributed by atoms with Gasteiger partial charge < -0.3 is 9.88 Å². The van der Waals surface area contributed by atoms with Gasteiger partial charge in [-0.15, -0.1) is 11.3 Å². The zero-order chi connectivity index (χ0) is 16.2. The van der Waals surface area contributed by atoms with Gasteiger partial charge in [-0.3, -0.25) is 4.79 Å². The molecular weight excluding hydrogens is 306 g/mol. The van der Waals surface area contributed by atoms with E-state index in [-0.39, 0.29) is 5.91 Å². The highest BCUT2D eigenvalue weighted by Crippen LogP contribution is 2.19. The lowest BCUT2D eigenvalue weighted by Gasteiger charge is -2.08. The van der Waals surface area contributed by atoms with Gasteiger partial charge in [0.1, 0.15) is 0 Å². The van der Waals surface area contributed by atoms with Crippen molar-refractivity contribution in [3.05, 3.63) is 52.1 Å². The summed E-state index contributed by atoms with van der Waals surface area (Å²) in [6, 6.07) is 10.4. The Bertz CT molecular complexity index is 819. The molecule has 1 amide bonds. The van der Waals surface area contributed by atoms with E-state index in [1.54, 1.807) is 11.3 Å². The van der Waals surface area contributed by atoms with Crippen LogP contribution in [0.25, 0.3) is 10.9 Å². The number of hydrogen-bond donors (Lipinski definition) is 1. The zero-order valence-corrected chi connectivity index (χ0v) is 14.3. The first-order valence-corrected chi connectivity index (χ1v) is 8.80. The molecule has 4 nitrogen and oxygen atoms in total. The molecule has 5 heteroatoms. The molecule has 1 aromatic carbocycles. The lowest BCUT2D eigenvalue weighted by molar-refractivity contribution is -0.121. The van der Waals surface area contributed by atoms with E-state index in [4.69, 9.17) is 0 Å². The fraction of sp³-hybridized carbons (Fsp3) is 0.333. The number of nitrogens with one attached hydrogen (secondary N) is 1. The summed E-state index contributed by atoms with van der Waals surface area (Å²) in [7, 11) is 0. The number of nitrogens with zero attached hydrogens (tertiary/aromatic N) is 2. The molecule has 0 atom stereocenters. The second kappa shape index (κ2) is 6.96. The molecule has 0 saturated heterocycles. The van der Waals surface area contributed by atoms with Crippen LogP contribution in [0.5, 0.6) is 0 Å². The minimum Gasteiger partial charge on any atom is -0.350 e. The number of amides is 1. The smallest absolute Gasteiger partial charge is 0.222 e. The van der Waals surface area contributed by atoms with Crippen LogP contribution in [0.1, 0.15) is 29.7 Å². The molecule has 0 bridgehead atoms. The Morgan fingerprint density at radius 2 is 2.17 bits per heavy atom. The van der Waals surface area contributed by atoms with Crippen LogP contribution in [-0.4, -0.2) is 15.5 Å². The van der Waals surface area contributed by atoms with Gasteiger partial charge in [0.25, 0.3) is 0 Å². The average molecular weight is 327 g/mol. The van der Waals surface area contributed by atoms with Crippen molar-refractivity contribution in [1.29, 1.82) is 0 Å². The molecule has 2 heterocycles. The summed E-state index contributed by atoms with van der Waals surface area (Å²) in [4.78, 5) is 16.6. The van der Waals surface area contributed by atoms with Crippen LogP contribution in [0.3, 0.4) is 0 Å². The first-order chi connectivity index (χ1) is 11.2. The number of aromatic nitrogens is 2. The second-order valence-electron chi connectivity index (χ2n) is 5.61. The highest BCUT2D eigenvalue weighted by atomic mass is 32.1. The van der Waals surface area contributed by atoms with Crippen LogP contribution < -0.4 is 5.32 Å². The fourth-order valence-electron chi connectivity index (χ4n) is 2.73. The fourth-order valence-corrected chi connectivity index (χ4v) is 3.47. The summed E-state index contributed by atoms with van der Waals surface area (Å²) in [6.45, 7) is 5.38. The standard InChI is InChI=1S/C18H21N3OS/c1-3-18-20-15(12-23-18)11-19-17(22)8-9-21-13(2)10-14-6-4-5-7-16(14)21/h4-7,10,12H,3,8-9,11H2,1-2H3,(H,19,22). The highest BCUT2D eigenvalue weighted by molar-refractivity contribution is 7.09. The summed E-state index contributed by atoms with van der Waals surface area (Å²) in [5.74, 6) is 0.0632. The van der Waals surface area contributed by atoms with Crippen molar-refractivity contribution < 1.29 is 4.79 Å². The largest absolute Gasteiger partial charge is 0.350 e. The quantitative estimate of drug-likeness (QED) is 0.751. The zero-order valence-electron chi connectivity index (χ0n) is 13.5. The molecule has 0 spiro atoms. The molecule has 0 radical (unpaired) electrons. The molecule has 2 aromatic heterocycles. The molecule has 0 unspecified atom stereocenters. The number of aryl methyl sites for hydroxylation is 3. The number of rotatable bonds is 6. The van der Waals surface area contributed by atoms with Crippen molar-refractivity contribution in [1.82, 2.24) is 14.9 Å². The predicted octanol–water partition coefficient (Wildman–Crippen LogP) is 3.68. The van der Waals surface area contributed by atoms with Gasteiger partial charge in [-0.1, -0.05) is 25.1 Å². The van der Waals surface area contributed by atoms with Gasteiger partial charge in [0.15, 0.2) is 0 Å². The van der Waals surface area contributed by atoms with Gasteiger partial charge in [0.2, 0.25) is 5.91 Å². The van der Waals surface area contributed by atoms with Crippen molar-refractivity contribution in [3.8, 4) is 0 Å². The Labute approximate surface area is 140 Å². The van der Waals surface area contributed by atoms with Gasteiger partial charge in [-0.25, -0.2) is 4.98 Å². The van der Waals surface area contributed by atoms with Crippen molar-refractivity contribution in [2.24, 2.45) is 0 Å². The topological polar surface area (TPSA) is 46.9 Å². The van der Waals surface area contributed by atoms with Crippen LogP contribution in [0, 0.1) is 6.92 Å². The summed E-state index contributed by atoms with van der Waals surface area (Å²) < 4.78 is 2.20. The van der Waals surface area contributed by atoms with E-state index in [9.17, 15) is 4.79 Å². The van der Waals surface area contributed by atoms with Gasteiger partial charge in [0, 0.05) is 29.6 Å². The molecular formula is C18H21N3OS. The Balaban J connectivity index is 1.57. The molecule has 120 valence electrons. The van der Waals surface area contributed by atoms with Gasteiger partial charge >= 0.3 is 0 Å². The Kier molecular flexibility index (Phi) is 4.76. The maximum absolute atomic E-state index is 12.1. The predicted molar refractivity (Wildman–Crippen MR) is 94.6 cm³/mol. The number of hydrogen-bond acceptors (Lipinski definition) is 3. The first kappa shape index (κ1) is 15.7. The highest BCUT2D eigenvalue weighted by Gasteiger charge is 2.08. The van der Waals surface area contributed by atoms with Crippen LogP contribution in [0.15, 0.2) is 35.7 Å². The van der Waals surface area contributed by atoms with E-state index in [2.05, 4.69) is 46.9 Å². The third-order valence-electron chi connectivity index (χ3n) is 3.95. The van der Waals surface area contributed by atoms with Crippen LogP contribution in [-0.2, 0) is 24.3 Å². The normalized spacial score (nSPS) is 11.0. The SMILES string of the molecule is CCc1nc(CNC(=O)CCn2c(C)cc3ccccc32)cs1. The van der Waals surface area contributed by atoms with E-state index in [0.717, 1.165) is 17.1 Å². The molecule has 0 aliphatic carbocycles. The van der Waals surface area contributed by atoms with Crippen LogP contribution in [0.2, 0.25) is 0 Å². The lowest BCUT2D eigenvalue weighted by atomic mass is 10.2. The maximum Gasteiger partial charge on any atom is 0.222 e. The maximum atomic E-state index is 12.1. The number of thiazole rings is 1. The molecule has 3 aromatic rings. The van der Waals surface area contributed by atoms with E-state index in [1.165, 1.54) is 16.6 Å². The third kappa shape index (κ3) is 3.62. The molecule has 0 fully saturated rings. The van der Waals surface area contributed by atoms with Gasteiger partial charge in [0.05, 0.1) is 17.2 Å². The van der Waals surface area contributed by atoms with Crippen LogP contribution >= 0.6 is 11.3 Å². The van der Waals surface area contributed by atoms with E-state index < -0.39 is 0 Å². The van der Waals surface area contributed by atoms with Gasteiger partial charge in [-0.2, -0.15) is 0 Å². The molecule has 1 N–H and O–H groups in total. The van der Waals surface area contributed by atoms with E-state index >= 15 is 0 Å². The molecule has 3 rings (SSSR count). The average Bonchev–Trinajstić information content (AvgIpc) is 3.14. The van der Waals surface area contributed by atoms with E-state index in [0.29, 0.717) is 19.5 Å². The van der Waals surface area contributed by atoms with Crippen LogP contribution in [0.4, 0.5) is 0 Å². The van der Waals surface area contributed by atoms with Crippen molar-refractivity contribution in [3.63, 3.8) is 0 Å². The number of para-hydroxylation sites is 1. The van der Waals surface area contributed by atoms with Crippen molar-refractivity contribution in [2.75, 3.05) is 0 Å². The van der Waals surface area contributed by atoms with Crippen molar-refractivity contribution >= 4 is 28.1 Å². The van der Waals surface area contributed by atoms with Crippen molar-refractivity contribution in [2.45, 2.75) is 39.8 Å².